The molecule has 1 amide bonds. The van der Waals surface area contributed by atoms with Gasteiger partial charge in [0.2, 0.25) is 0 Å². The summed E-state index contributed by atoms with van der Waals surface area (Å²) in [5, 5.41) is 5.80. The summed E-state index contributed by atoms with van der Waals surface area (Å²) < 4.78 is 0.950. The summed E-state index contributed by atoms with van der Waals surface area (Å²) in [7, 11) is 0. The van der Waals surface area contributed by atoms with Gasteiger partial charge in [0.15, 0.2) is 5.96 Å². The molecule has 7 heteroatoms. The molecular weight excluding hydrogens is 412 g/mol. The molecule has 5 nitrogen and oxygen atoms in total. The van der Waals surface area contributed by atoms with E-state index in [1.165, 1.54) is 0 Å². The number of hydrogen-bond acceptors (Lipinski definition) is 2. The Hall–Kier alpha value is -1.08. The maximum atomic E-state index is 11.8. The lowest BCUT2D eigenvalue weighted by Crippen LogP contribution is -2.38. The normalized spacial score (nSPS) is 11.0. The second kappa shape index (κ2) is 11.5. The summed E-state index contributed by atoms with van der Waals surface area (Å²) in [5.74, 6) is 0.944. The molecule has 0 spiro atoms. The van der Waals surface area contributed by atoms with E-state index in [0.717, 1.165) is 17.4 Å². The van der Waals surface area contributed by atoms with Crippen LogP contribution in [0.1, 0.15) is 30.6 Å². The fourth-order valence-electron chi connectivity index (χ4n) is 1.57. The van der Waals surface area contributed by atoms with E-state index >= 15 is 0 Å². The van der Waals surface area contributed by atoms with Crippen LogP contribution >= 0.6 is 32.9 Å². The molecule has 1 aromatic carbocycles. The predicted octanol–water partition coefficient (Wildman–Crippen LogP) is 2.71. The van der Waals surface area contributed by atoms with Gasteiger partial charge in [0.05, 0.1) is 0 Å². The predicted molar refractivity (Wildman–Crippen MR) is 101 cm³/mol. The lowest BCUT2D eigenvalue weighted by molar-refractivity contribution is 0.0954. The van der Waals surface area contributed by atoms with Gasteiger partial charge in [-0.15, -0.1) is 17.0 Å². The maximum Gasteiger partial charge on any atom is 0.251 e. The molecule has 0 aliphatic carbocycles. The molecule has 0 aromatic heterocycles. The first kappa shape index (κ1) is 20.9. The van der Waals surface area contributed by atoms with Crippen LogP contribution in [0.25, 0.3) is 0 Å². The first-order chi connectivity index (χ1) is 9.99. The summed E-state index contributed by atoms with van der Waals surface area (Å²) >= 11 is 3.33. The highest BCUT2D eigenvalue weighted by Crippen LogP contribution is 2.10. The van der Waals surface area contributed by atoms with Crippen LogP contribution in [0.3, 0.4) is 0 Å². The molecule has 0 saturated heterocycles. The van der Waals surface area contributed by atoms with Crippen LogP contribution in [0.5, 0.6) is 0 Å². The Balaban J connectivity index is 0.00000441. The van der Waals surface area contributed by atoms with Crippen LogP contribution in [0.15, 0.2) is 33.7 Å². The highest BCUT2D eigenvalue weighted by molar-refractivity contribution is 9.10. The number of carbonyl (C=O) groups excluding carboxylic acids is 1. The number of halogens is 2. The van der Waals surface area contributed by atoms with Crippen molar-refractivity contribution in [3.8, 4) is 0 Å². The van der Waals surface area contributed by atoms with Gasteiger partial charge in [0, 0.05) is 29.7 Å². The van der Waals surface area contributed by atoms with Crippen molar-refractivity contribution in [2.24, 2.45) is 16.6 Å². The molecule has 0 atom stereocenters. The van der Waals surface area contributed by atoms with Crippen molar-refractivity contribution in [2.75, 3.05) is 19.6 Å². The number of guanidine groups is 1. The zero-order chi connectivity index (χ0) is 15.7. The molecule has 22 heavy (non-hydrogen) atoms. The van der Waals surface area contributed by atoms with Crippen molar-refractivity contribution in [1.29, 1.82) is 0 Å². The van der Waals surface area contributed by atoms with Crippen LogP contribution in [-0.4, -0.2) is 31.5 Å². The number of aliphatic imine (C=N–C) groups is 1. The lowest BCUT2D eigenvalue weighted by atomic mass is 10.1. The van der Waals surface area contributed by atoms with Gasteiger partial charge in [-0.05, 0) is 36.6 Å². The van der Waals surface area contributed by atoms with Gasteiger partial charge >= 0.3 is 0 Å². The average molecular weight is 436 g/mol. The largest absolute Gasteiger partial charge is 0.370 e. The molecule has 0 aliphatic heterocycles. The number of hydrogen-bond donors (Lipinski definition) is 3. The first-order valence-electron chi connectivity index (χ1n) is 7.06. The highest BCUT2D eigenvalue weighted by atomic mass is 79.9. The minimum atomic E-state index is -0.0976. The Labute approximate surface area is 151 Å². The van der Waals surface area contributed by atoms with Gasteiger partial charge in [-0.1, -0.05) is 29.8 Å². The van der Waals surface area contributed by atoms with E-state index in [4.69, 9.17) is 5.73 Å². The van der Waals surface area contributed by atoms with E-state index in [-0.39, 0.29) is 22.9 Å². The number of benzene rings is 1. The number of carbonyl (C=O) groups is 1. The zero-order valence-corrected chi connectivity index (χ0v) is 16.2. The fraction of sp³-hybridized carbons (Fsp3) is 0.467. The Bertz CT molecular complexity index is 475. The molecule has 0 saturated carbocycles. The Morgan fingerprint density at radius 3 is 2.41 bits per heavy atom. The molecule has 1 rings (SSSR count). The van der Waals surface area contributed by atoms with E-state index in [9.17, 15) is 4.79 Å². The third-order valence-electron chi connectivity index (χ3n) is 2.81. The number of nitrogens with zero attached hydrogens (tertiary/aromatic N) is 1. The third kappa shape index (κ3) is 9.04. The van der Waals surface area contributed by atoms with Gasteiger partial charge in [-0.2, -0.15) is 0 Å². The van der Waals surface area contributed by atoms with E-state index < -0.39 is 0 Å². The highest BCUT2D eigenvalue weighted by Gasteiger charge is 2.03. The first-order valence-corrected chi connectivity index (χ1v) is 7.86. The number of nitrogens with two attached hydrogens (primary N) is 1. The van der Waals surface area contributed by atoms with Gasteiger partial charge in [0.1, 0.15) is 0 Å². The second-order valence-corrected chi connectivity index (χ2v) is 6.05. The summed E-state index contributed by atoms with van der Waals surface area (Å²) in [6, 6.07) is 7.22. The molecular formula is C15H24Br2N4O. The molecule has 0 aliphatic rings. The van der Waals surface area contributed by atoms with Crippen LogP contribution in [0, 0.1) is 5.92 Å². The molecule has 1 aromatic rings. The summed E-state index contributed by atoms with van der Waals surface area (Å²) in [6.45, 7) is 6.07. The standard InChI is InChI=1S/C15H23BrN4O.BrH/c1-11(2)7-8-19-15(17)20-10-9-18-14(21)12-3-5-13(16)6-4-12;/h3-6,11H,7-10H2,1-2H3,(H,18,21)(H3,17,19,20);1H. The SMILES string of the molecule is Br.CC(C)CCN=C(N)NCCNC(=O)c1ccc(Br)cc1. The zero-order valence-electron chi connectivity index (χ0n) is 12.9. The maximum absolute atomic E-state index is 11.8. The van der Waals surface area contributed by atoms with E-state index in [1.807, 2.05) is 12.1 Å². The van der Waals surface area contributed by atoms with Crippen LogP contribution in [0.4, 0.5) is 0 Å². The van der Waals surface area contributed by atoms with Crippen LogP contribution in [-0.2, 0) is 0 Å². The van der Waals surface area contributed by atoms with E-state index in [2.05, 4.69) is 45.4 Å². The number of amides is 1. The Morgan fingerprint density at radius 2 is 1.82 bits per heavy atom. The number of rotatable bonds is 7. The van der Waals surface area contributed by atoms with E-state index in [1.54, 1.807) is 12.1 Å². The third-order valence-corrected chi connectivity index (χ3v) is 3.34. The van der Waals surface area contributed by atoms with Crippen LogP contribution < -0.4 is 16.4 Å². The quantitative estimate of drug-likeness (QED) is 0.350. The van der Waals surface area contributed by atoms with Crippen molar-refractivity contribution in [1.82, 2.24) is 10.6 Å². The topological polar surface area (TPSA) is 79.5 Å². The minimum absolute atomic E-state index is 0. The van der Waals surface area contributed by atoms with Gasteiger partial charge < -0.3 is 16.4 Å². The van der Waals surface area contributed by atoms with Crippen molar-refractivity contribution >= 4 is 44.8 Å². The number of nitrogens with one attached hydrogen (secondary N) is 2. The summed E-state index contributed by atoms with van der Waals surface area (Å²) in [6.07, 6.45) is 1.02. The van der Waals surface area contributed by atoms with Gasteiger partial charge in [-0.25, -0.2) is 0 Å². The molecule has 0 radical (unpaired) electrons. The minimum Gasteiger partial charge on any atom is -0.370 e. The smallest absolute Gasteiger partial charge is 0.251 e. The molecule has 124 valence electrons. The monoisotopic (exact) mass is 434 g/mol. The Morgan fingerprint density at radius 1 is 1.23 bits per heavy atom. The second-order valence-electron chi connectivity index (χ2n) is 5.14. The van der Waals surface area contributed by atoms with Gasteiger partial charge in [0.25, 0.3) is 5.91 Å². The molecule has 0 heterocycles. The Kier molecular flexibility index (Phi) is 10.9. The summed E-state index contributed by atoms with van der Waals surface area (Å²) in [5.41, 5.74) is 6.36. The van der Waals surface area contributed by atoms with Gasteiger partial charge in [-0.3, -0.25) is 9.79 Å². The van der Waals surface area contributed by atoms with Crippen molar-refractivity contribution in [3.05, 3.63) is 34.3 Å². The van der Waals surface area contributed by atoms with Crippen molar-refractivity contribution in [2.45, 2.75) is 20.3 Å². The average Bonchev–Trinajstić information content (AvgIpc) is 2.43. The lowest BCUT2D eigenvalue weighted by Gasteiger charge is -2.08. The van der Waals surface area contributed by atoms with Crippen molar-refractivity contribution < 1.29 is 4.79 Å². The molecule has 0 unspecified atom stereocenters. The molecule has 0 fully saturated rings. The fourth-order valence-corrected chi connectivity index (χ4v) is 1.83. The van der Waals surface area contributed by atoms with E-state index in [0.29, 0.717) is 30.5 Å². The summed E-state index contributed by atoms with van der Waals surface area (Å²) in [4.78, 5) is 16.0. The molecule has 0 bridgehead atoms. The molecule has 4 N–H and O–H groups in total. The van der Waals surface area contributed by atoms with Crippen LogP contribution in [0.2, 0.25) is 0 Å². The van der Waals surface area contributed by atoms with Crippen molar-refractivity contribution in [3.63, 3.8) is 0 Å².